The lowest BCUT2D eigenvalue weighted by atomic mass is 10.1. The molecule has 1 atom stereocenters. The molecule has 1 amide bonds. The minimum atomic E-state index is -0.483. The van der Waals surface area contributed by atoms with Crippen molar-refractivity contribution in [3.05, 3.63) is 36.8 Å². The molecule has 0 radical (unpaired) electrons. The summed E-state index contributed by atoms with van der Waals surface area (Å²) in [5.41, 5.74) is 9.35. The van der Waals surface area contributed by atoms with Gasteiger partial charge in [0.2, 0.25) is 0 Å². The molecule has 3 heterocycles. The lowest BCUT2D eigenvalue weighted by Crippen LogP contribution is -2.34. The molecule has 3 aromatic rings. The number of nitrogen functional groups attached to an aromatic ring is 1. The van der Waals surface area contributed by atoms with Crippen LogP contribution in [0.5, 0.6) is 5.75 Å². The number of ether oxygens (including phenoxy) is 1. The standard InChI is InChI=1S/C15H13N5O2/c1-8-15(21)19-12-4-9(2-3-13(12)22-8)10-5-17-14-11(16)6-18-20(14)7-10/h2-8H,16H2,1H3,(H,19,21). The van der Waals surface area contributed by atoms with Crippen LogP contribution in [-0.4, -0.2) is 26.6 Å². The molecule has 0 saturated carbocycles. The van der Waals surface area contributed by atoms with Gasteiger partial charge in [-0.25, -0.2) is 9.50 Å². The normalized spacial score (nSPS) is 17.0. The first-order valence-electron chi connectivity index (χ1n) is 6.82. The van der Waals surface area contributed by atoms with Crippen LogP contribution in [0, 0.1) is 0 Å². The number of nitrogens with two attached hydrogens (primary N) is 1. The van der Waals surface area contributed by atoms with Crippen LogP contribution in [0.2, 0.25) is 0 Å². The molecule has 0 aliphatic carbocycles. The van der Waals surface area contributed by atoms with E-state index in [2.05, 4.69) is 15.4 Å². The fraction of sp³-hybridized carbons (Fsp3) is 0.133. The Labute approximate surface area is 125 Å². The van der Waals surface area contributed by atoms with E-state index in [1.807, 2.05) is 24.4 Å². The van der Waals surface area contributed by atoms with Crippen molar-refractivity contribution in [1.29, 1.82) is 0 Å². The lowest BCUT2D eigenvalue weighted by Gasteiger charge is -2.23. The average molecular weight is 295 g/mol. The van der Waals surface area contributed by atoms with Gasteiger partial charge in [-0.05, 0) is 24.6 Å². The first-order valence-corrected chi connectivity index (χ1v) is 6.82. The van der Waals surface area contributed by atoms with Gasteiger partial charge in [0.25, 0.3) is 5.91 Å². The van der Waals surface area contributed by atoms with Gasteiger partial charge in [0, 0.05) is 18.0 Å². The van der Waals surface area contributed by atoms with Crippen molar-refractivity contribution in [1.82, 2.24) is 14.6 Å². The quantitative estimate of drug-likeness (QED) is 0.712. The molecular weight excluding hydrogens is 282 g/mol. The molecule has 1 unspecified atom stereocenters. The zero-order chi connectivity index (χ0) is 15.3. The first kappa shape index (κ1) is 12.6. The Morgan fingerprint density at radius 2 is 2.18 bits per heavy atom. The predicted octanol–water partition coefficient (Wildman–Crippen LogP) is 1.70. The topological polar surface area (TPSA) is 94.5 Å². The number of nitrogens with zero attached hydrogens (tertiary/aromatic N) is 3. The molecule has 0 fully saturated rings. The smallest absolute Gasteiger partial charge is 0.265 e. The van der Waals surface area contributed by atoms with Crippen LogP contribution in [0.3, 0.4) is 0 Å². The van der Waals surface area contributed by atoms with Gasteiger partial charge in [0.1, 0.15) is 5.75 Å². The van der Waals surface area contributed by atoms with Gasteiger partial charge in [-0.1, -0.05) is 6.07 Å². The third-order valence-corrected chi connectivity index (χ3v) is 3.63. The Morgan fingerprint density at radius 3 is 3.05 bits per heavy atom. The Bertz CT molecular complexity index is 902. The predicted molar refractivity (Wildman–Crippen MR) is 81.6 cm³/mol. The molecular formula is C15H13N5O2. The maximum absolute atomic E-state index is 11.7. The minimum Gasteiger partial charge on any atom is -0.479 e. The molecule has 4 rings (SSSR count). The number of aromatic nitrogens is 3. The Hall–Kier alpha value is -3.09. The van der Waals surface area contributed by atoms with Crippen LogP contribution in [0.25, 0.3) is 16.8 Å². The SMILES string of the molecule is CC1Oc2ccc(-c3cnc4c(N)cnn4c3)cc2NC1=O. The largest absolute Gasteiger partial charge is 0.479 e. The summed E-state index contributed by atoms with van der Waals surface area (Å²) in [6.07, 6.45) is 4.65. The van der Waals surface area contributed by atoms with E-state index in [1.165, 1.54) is 0 Å². The Balaban J connectivity index is 1.78. The van der Waals surface area contributed by atoms with Gasteiger partial charge >= 0.3 is 0 Å². The van der Waals surface area contributed by atoms with Gasteiger partial charge in [-0.3, -0.25) is 4.79 Å². The van der Waals surface area contributed by atoms with Crippen molar-refractivity contribution in [3.63, 3.8) is 0 Å². The molecule has 2 aromatic heterocycles. The molecule has 0 bridgehead atoms. The third-order valence-electron chi connectivity index (χ3n) is 3.63. The Kier molecular flexibility index (Phi) is 2.56. The second-order valence-electron chi connectivity index (χ2n) is 5.17. The van der Waals surface area contributed by atoms with Crippen molar-refractivity contribution < 1.29 is 9.53 Å². The summed E-state index contributed by atoms with van der Waals surface area (Å²) in [6.45, 7) is 1.71. The van der Waals surface area contributed by atoms with Gasteiger partial charge in [0.05, 0.1) is 17.6 Å². The highest BCUT2D eigenvalue weighted by atomic mass is 16.5. The first-order chi connectivity index (χ1) is 10.6. The monoisotopic (exact) mass is 295 g/mol. The fourth-order valence-electron chi connectivity index (χ4n) is 2.43. The number of nitrogens with one attached hydrogen (secondary N) is 1. The second-order valence-corrected chi connectivity index (χ2v) is 5.17. The van der Waals surface area contributed by atoms with E-state index in [0.29, 0.717) is 22.8 Å². The molecule has 110 valence electrons. The van der Waals surface area contributed by atoms with E-state index in [4.69, 9.17) is 10.5 Å². The van der Waals surface area contributed by atoms with Crippen LogP contribution < -0.4 is 15.8 Å². The van der Waals surface area contributed by atoms with Gasteiger partial charge in [-0.15, -0.1) is 0 Å². The van der Waals surface area contributed by atoms with E-state index in [9.17, 15) is 4.79 Å². The maximum Gasteiger partial charge on any atom is 0.265 e. The van der Waals surface area contributed by atoms with Crippen LogP contribution >= 0.6 is 0 Å². The molecule has 3 N–H and O–H groups in total. The van der Waals surface area contributed by atoms with E-state index < -0.39 is 6.10 Å². The molecule has 0 saturated heterocycles. The zero-order valence-corrected chi connectivity index (χ0v) is 11.8. The summed E-state index contributed by atoms with van der Waals surface area (Å²) < 4.78 is 7.17. The second kappa shape index (κ2) is 4.45. The van der Waals surface area contributed by atoms with Crippen molar-refractivity contribution >= 4 is 22.9 Å². The number of amides is 1. The van der Waals surface area contributed by atoms with Crippen molar-refractivity contribution in [2.24, 2.45) is 0 Å². The molecule has 22 heavy (non-hydrogen) atoms. The summed E-state index contributed by atoms with van der Waals surface area (Å²) in [4.78, 5) is 16.0. The van der Waals surface area contributed by atoms with Crippen molar-refractivity contribution in [3.8, 4) is 16.9 Å². The third kappa shape index (κ3) is 1.86. The zero-order valence-electron chi connectivity index (χ0n) is 11.8. The number of carbonyl (C=O) groups is 1. The highest BCUT2D eigenvalue weighted by molar-refractivity contribution is 5.98. The highest BCUT2D eigenvalue weighted by Gasteiger charge is 2.23. The maximum atomic E-state index is 11.7. The summed E-state index contributed by atoms with van der Waals surface area (Å²) in [6, 6.07) is 5.61. The number of anilines is 2. The van der Waals surface area contributed by atoms with E-state index in [0.717, 1.165) is 11.1 Å². The number of rotatable bonds is 1. The van der Waals surface area contributed by atoms with E-state index in [1.54, 1.807) is 23.8 Å². The molecule has 0 spiro atoms. The summed E-state index contributed by atoms with van der Waals surface area (Å²) in [5.74, 6) is 0.506. The Morgan fingerprint density at radius 1 is 1.32 bits per heavy atom. The minimum absolute atomic E-state index is 0.155. The van der Waals surface area contributed by atoms with Crippen molar-refractivity contribution in [2.45, 2.75) is 13.0 Å². The van der Waals surface area contributed by atoms with E-state index >= 15 is 0 Å². The molecule has 1 aromatic carbocycles. The van der Waals surface area contributed by atoms with Crippen LogP contribution in [0.1, 0.15) is 6.92 Å². The van der Waals surface area contributed by atoms with Crippen molar-refractivity contribution in [2.75, 3.05) is 11.1 Å². The summed E-state index contributed by atoms with van der Waals surface area (Å²) >= 11 is 0. The van der Waals surface area contributed by atoms with Gasteiger partial charge < -0.3 is 15.8 Å². The van der Waals surface area contributed by atoms with Crippen LogP contribution in [-0.2, 0) is 4.79 Å². The van der Waals surface area contributed by atoms with Gasteiger partial charge in [-0.2, -0.15) is 5.10 Å². The molecule has 7 heteroatoms. The number of carbonyl (C=O) groups excluding carboxylic acids is 1. The van der Waals surface area contributed by atoms with E-state index in [-0.39, 0.29) is 5.91 Å². The molecule has 1 aliphatic heterocycles. The van der Waals surface area contributed by atoms with Crippen LogP contribution in [0.4, 0.5) is 11.4 Å². The van der Waals surface area contributed by atoms with Gasteiger partial charge in [0.15, 0.2) is 11.8 Å². The number of hydrogen-bond donors (Lipinski definition) is 2. The van der Waals surface area contributed by atoms with Crippen LogP contribution in [0.15, 0.2) is 36.8 Å². The molecule has 7 nitrogen and oxygen atoms in total. The lowest BCUT2D eigenvalue weighted by molar-refractivity contribution is -0.122. The number of fused-ring (bicyclic) bond motifs is 2. The highest BCUT2D eigenvalue weighted by Crippen LogP contribution is 2.33. The number of benzene rings is 1. The number of hydrogen-bond acceptors (Lipinski definition) is 5. The fourth-order valence-corrected chi connectivity index (χ4v) is 2.43. The summed E-state index contributed by atoms with van der Waals surface area (Å²) in [5, 5.41) is 6.98. The molecule has 1 aliphatic rings. The summed E-state index contributed by atoms with van der Waals surface area (Å²) in [7, 11) is 0. The average Bonchev–Trinajstić information content (AvgIpc) is 2.89.